The molecule has 0 saturated carbocycles. The third-order valence-electron chi connectivity index (χ3n) is 7.08. The van der Waals surface area contributed by atoms with Gasteiger partial charge in [-0.05, 0) is 65.9 Å². The third kappa shape index (κ3) is 5.12. The number of anilines is 1. The van der Waals surface area contributed by atoms with Crippen molar-refractivity contribution in [2.75, 3.05) is 11.9 Å². The Morgan fingerprint density at radius 2 is 2.00 bits per heavy atom. The molecule has 2 amide bonds. The van der Waals surface area contributed by atoms with E-state index < -0.39 is 6.04 Å². The van der Waals surface area contributed by atoms with Crippen LogP contribution < -0.4 is 5.32 Å². The summed E-state index contributed by atoms with van der Waals surface area (Å²) in [5, 5.41) is 19.4. The standard InChI is InChI=1S/C28H25ClN10O2/c1-17-25-22(34-37(17)2)11-14-38(24(40)10-5-19-15-20(29)6-9-23(19)39-16-32-35-36-39)26(25)28(41)33-21-7-3-18(4-8-21)27-30-12-13-31-27/h3-10,12-13,15-16,26H,11,14H2,1-2H3,(H,30,31)(H,33,41). The highest BCUT2D eigenvalue weighted by molar-refractivity contribution is 6.30. The minimum absolute atomic E-state index is 0.324. The zero-order valence-corrected chi connectivity index (χ0v) is 22.9. The minimum atomic E-state index is -0.868. The first-order valence-corrected chi connectivity index (χ1v) is 13.2. The summed E-state index contributed by atoms with van der Waals surface area (Å²) in [6, 6.07) is 11.7. The highest BCUT2D eigenvalue weighted by Crippen LogP contribution is 2.33. The van der Waals surface area contributed by atoms with Gasteiger partial charge in [0.05, 0.1) is 11.4 Å². The van der Waals surface area contributed by atoms with Crippen LogP contribution in [0, 0.1) is 6.92 Å². The van der Waals surface area contributed by atoms with E-state index in [0.717, 1.165) is 28.3 Å². The Morgan fingerprint density at radius 1 is 1.17 bits per heavy atom. The number of nitrogens with zero attached hydrogens (tertiary/aromatic N) is 8. The van der Waals surface area contributed by atoms with Gasteiger partial charge in [0.15, 0.2) is 0 Å². The van der Waals surface area contributed by atoms with E-state index in [2.05, 4.69) is 35.9 Å². The first-order chi connectivity index (χ1) is 19.9. The van der Waals surface area contributed by atoms with Crippen LogP contribution in [0.3, 0.4) is 0 Å². The van der Waals surface area contributed by atoms with Crippen molar-refractivity contribution in [1.82, 2.24) is 44.9 Å². The third-order valence-corrected chi connectivity index (χ3v) is 7.31. The number of rotatable bonds is 6. The van der Waals surface area contributed by atoms with Gasteiger partial charge >= 0.3 is 0 Å². The second kappa shape index (κ2) is 10.8. The summed E-state index contributed by atoms with van der Waals surface area (Å²) in [5.41, 5.74) is 5.16. The van der Waals surface area contributed by atoms with Crippen molar-refractivity contribution in [1.29, 1.82) is 0 Å². The zero-order valence-electron chi connectivity index (χ0n) is 22.2. The fourth-order valence-electron chi connectivity index (χ4n) is 5.00. The normalized spacial score (nSPS) is 14.8. The fraction of sp³-hybridized carbons (Fsp3) is 0.179. The number of halogens is 1. The van der Waals surface area contributed by atoms with E-state index in [-0.39, 0.29) is 11.8 Å². The molecule has 6 rings (SSSR count). The molecule has 1 aliphatic heterocycles. The Hall–Kier alpha value is -5.10. The van der Waals surface area contributed by atoms with Gasteiger partial charge in [0.1, 0.15) is 18.2 Å². The molecule has 0 aliphatic carbocycles. The van der Waals surface area contributed by atoms with Crippen LogP contribution in [-0.4, -0.2) is 63.2 Å². The van der Waals surface area contributed by atoms with Crippen LogP contribution in [0.25, 0.3) is 23.2 Å². The molecule has 2 aromatic carbocycles. The van der Waals surface area contributed by atoms with E-state index in [4.69, 9.17) is 11.6 Å². The van der Waals surface area contributed by atoms with E-state index in [1.54, 1.807) is 58.4 Å². The summed E-state index contributed by atoms with van der Waals surface area (Å²) in [4.78, 5) is 36.4. The predicted molar refractivity (Wildman–Crippen MR) is 152 cm³/mol. The number of amides is 2. The molecule has 0 saturated heterocycles. The number of benzene rings is 2. The van der Waals surface area contributed by atoms with Crippen molar-refractivity contribution in [2.24, 2.45) is 7.05 Å². The first kappa shape index (κ1) is 26.1. The maximum atomic E-state index is 13.8. The Morgan fingerprint density at radius 3 is 2.73 bits per heavy atom. The van der Waals surface area contributed by atoms with Gasteiger partial charge in [-0.2, -0.15) is 9.78 Å². The Kier molecular flexibility index (Phi) is 6.89. The second-order valence-electron chi connectivity index (χ2n) is 9.55. The van der Waals surface area contributed by atoms with Gasteiger partial charge in [-0.3, -0.25) is 14.3 Å². The number of H-pyrrole nitrogens is 1. The maximum Gasteiger partial charge on any atom is 0.251 e. The molecule has 3 aromatic heterocycles. The van der Waals surface area contributed by atoms with Crippen LogP contribution >= 0.6 is 11.6 Å². The average Bonchev–Trinajstić information content (AvgIpc) is 3.75. The number of carbonyl (C=O) groups is 2. The largest absolute Gasteiger partial charge is 0.345 e. The molecule has 2 N–H and O–H groups in total. The number of hydrogen-bond donors (Lipinski definition) is 2. The quantitative estimate of drug-likeness (QED) is 0.299. The van der Waals surface area contributed by atoms with Crippen LogP contribution in [0.4, 0.5) is 5.69 Å². The number of tetrazole rings is 1. The van der Waals surface area contributed by atoms with Crippen LogP contribution in [0.1, 0.15) is 28.6 Å². The lowest BCUT2D eigenvalue weighted by molar-refractivity contribution is -0.135. The molecule has 0 fully saturated rings. The van der Waals surface area contributed by atoms with Gasteiger partial charge in [0.25, 0.3) is 5.91 Å². The lowest BCUT2D eigenvalue weighted by Crippen LogP contribution is -2.44. The van der Waals surface area contributed by atoms with E-state index >= 15 is 0 Å². The van der Waals surface area contributed by atoms with Crippen molar-refractivity contribution in [3.05, 3.63) is 94.8 Å². The lowest BCUT2D eigenvalue weighted by atomic mass is 9.95. The first-order valence-electron chi connectivity index (χ1n) is 12.8. The number of aromatic amines is 1. The van der Waals surface area contributed by atoms with Gasteiger partial charge in [-0.15, -0.1) is 5.10 Å². The highest BCUT2D eigenvalue weighted by Gasteiger charge is 2.38. The number of aryl methyl sites for hydroxylation is 1. The number of hydrogen-bond acceptors (Lipinski definition) is 7. The number of imidazole rings is 1. The van der Waals surface area contributed by atoms with Crippen molar-refractivity contribution in [3.63, 3.8) is 0 Å². The summed E-state index contributed by atoms with van der Waals surface area (Å²) in [6.45, 7) is 2.23. The summed E-state index contributed by atoms with van der Waals surface area (Å²) >= 11 is 6.24. The topological polar surface area (TPSA) is 140 Å². The van der Waals surface area contributed by atoms with E-state index in [1.165, 1.54) is 17.1 Å². The zero-order chi connectivity index (χ0) is 28.5. The van der Waals surface area contributed by atoms with Crippen LogP contribution in [0.5, 0.6) is 0 Å². The van der Waals surface area contributed by atoms with E-state index in [9.17, 15) is 9.59 Å². The number of aromatic nitrogens is 8. The maximum absolute atomic E-state index is 13.8. The molecule has 4 heterocycles. The molecule has 206 valence electrons. The molecule has 0 spiro atoms. The van der Waals surface area contributed by atoms with Gasteiger partial charge in [-0.25, -0.2) is 4.98 Å². The Bertz CT molecular complexity index is 1740. The van der Waals surface area contributed by atoms with Gasteiger partial charge in [0.2, 0.25) is 5.91 Å². The van der Waals surface area contributed by atoms with Crippen molar-refractivity contribution >= 4 is 35.2 Å². The molecule has 13 heteroatoms. The van der Waals surface area contributed by atoms with Crippen molar-refractivity contribution < 1.29 is 9.59 Å². The van der Waals surface area contributed by atoms with Crippen LogP contribution in [-0.2, 0) is 23.1 Å². The molecular weight excluding hydrogens is 544 g/mol. The Labute approximate surface area is 239 Å². The summed E-state index contributed by atoms with van der Waals surface area (Å²) in [7, 11) is 1.84. The number of nitrogens with one attached hydrogen (secondary N) is 2. The molecule has 0 radical (unpaired) electrons. The molecule has 5 aromatic rings. The smallest absolute Gasteiger partial charge is 0.251 e. The molecule has 41 heavy (non-hydrogen) atoms. The monoisotopic (exact) mass is 568 g/mol. The lowest BCUT2D eigenvalue weighted by Gasteiger charge is -2.34. The van der Waals surface area contributed by atoms with Crippen LogP contribution in [0.2, 0.25) is 5.02 Å². The minimum Gasteiger partial charge on any atom is -0.345 e. The summed E-state index contributed by atoms with van der Waals surface area (Å²) in [5.74, 6) is 0.0823. The van der Waals surface area contributed by atoms with E-state index in [0.29, 0.717) is 34.9 Å². The number of carbonyl (C=O) groups excluding carboxylic acids is 2. The van der Waals surface area contributed by atoms with E-state index in [1.807, 2.05) is 26.1 Å². The molecule has 12 nitrogen and oxygen atoms in total. The highest BCUT2D eigenvalue weighted by atomic mass is 35.5. The Balaban J connectivity index is 1.29. The molecule has 1 aliphatic rings. The van der Waals surface area contributed by atoms with Crippen molar-refractivity contribution in [2.45, 2.75) is 19.4 Å². The van der Waals surface area contributed by atoms with Crippen molar-refractivity contribution in [3.8, 4) is 17.1 Å². The summed E-state index contributed by atoms with van der Waals surface area (Å²) < 4.78 is 3.23. The SMILES string of the molecule is Cc1c2c(nn1C)CCN(C(=O)C=Cc1cc(Cl)ccc1-n1cnnn1)C2C(=O)Nc1ccc(-c2ncc[nH]2)cc1. The molecule has 0 bridgehead atoms. The predicted octanol–water partition coefficient (Wildman–Crippen LogP) is 3.53. The fourth-order valence-corrected chi connectivity index (χ4v) is 5.18. The molecule has 1 atom stereocenters. The van der Waals surface area contributed by atoms with Gasteiger partial charge < -0.3 is 15.2 Å². The molecular formula is C28H25ClN10O2. The van der Waals surface area contributed by atoms with Gasteiger partial charge in [-0.1, -0.05) is 11.6 Å². The summed E-state index contributed by atoms with van der Waals surface area (Å²) in [6.07, 6.45) is 8.52. The molecule has 1 unspecified atom stereocenters. The average molecular weight is 569 g/mol. The van der Waals surface area contributed by atoms with Gasteiger partial charge in [0, 0.05) is 71.6 Å². The van der Waals surface area contributed by atoms with Crippen LogP contribution in [0.15, 0.2) is 67.3 Å². The second-order valence-corrected chi connectivity index (χ2v) is 9.99. The number of fused-ring (bicyclic) bond motifs is 1.